The van der Waals surface area contributed by atoms with Crippen molar-refractivity contribution in [2.24, 2.45) is 0 Å². The third-order valence-electron chi connectivity index (χ3n) is 3.77. The number of thioether (sulfide) groups is 1. The average molecular weight is 346 g/mol. The predicted molar refractivity (Wildman–Crippen MR) is 86.7 cm³/mol. The van der Waals surface area contributed by atoms with E-state index in [1.165, 1.54) is 11.8 Å². The van der Waals surface area contributed by atoms with Gasteiger partial charge in [-0.05, 0) is 30.0 Å². The predicted octanol–water partition coefficient (Wildman–Crippen LogP) is 1.75. The quantitative estimate of drug-likeness (QED) is 0.811. The molecule has 2 aliphatic heterocycles. The summed E-state index contributed by atoms with van der Waals surface area (Å²) < 4.78 is 12.8. The van der Waals surface area contributed by atoms with Crippen molar-refractivity contribution in [3.05, 3.63) is 35.5 Å². The molecule has 2 aliphatic rings. The minimum Gasteiger partial charge on any atom is -0.486 e. The van der Waals surface area contributed by atoms with Crippen molar-refractivity contribution < 1.29 is 19.4 Å². The molecule has 24 heavy (non-hydrogen) atoms. The SMILES string of the molecule is CSc1nc2n(n1)C(c1ccc3c(c1)OCCO3)C=C(C(=O)O)N2. The Balaban J connectivity index is 1.80. The van der Waals surface area contributed by atoms with E-state index < -0.39 is 12.0 Å². The van der Waals surface area contributed by atoms with Crippen LogP contribution in [0.3, 0.4) is 0 Å². The highest BCUT2D eigenvalue weighted by molar-refractivity contribution is 7.98. The highest BCUT2D eigenvalue weighted by Gasteiger charge is 2.28. The Labute approximate surface area is 141 Å². The summed E-state index contributed by atoms with van der Waals surface area (Å²) in [7, 11) is 0. The summed E-state index contributed by atoms with van der Waals surface area (Å²) in [5, 5.41) is 17.1. The summed E-state index contributed by atoms with van der Waals surface area (Å²) in [6.07, 6.45) is 3.48. The summed E-state index contributed by atoms with van der Waals surface area (Å²) in [5.74, 6) is 0.691. The molecule has 124 valence electrons. The molecule has 9 heteroatoms. The van der Waals surface area contributed by atoms with E-state index in [9.17, 15) is 9.90 Å². The minimum absolute atomic E-state index is 0.0717. The molecule has 3 heterocycles. The standard InChI is InChI=1S/C15H14N4O4S/c1-24-15-17-14-16-9(13(20)21)7-10(19(14)18-15)8-2-3-11-12(6-8)23-5-4-22-11/h2-3,6-7,10H,4-5H2,1H3,(H,20,21)(H,16,17,18). The fourth-order valence-electron chi connectivity index (χ4n) is 2.67. The van der Waals surface area contributed by atoms with Gasteiger partial charge in [-0.15, -0.1) is 5.10 Å². The molecule has 1 aromatic carbocycles. The van der Waals surface area contributed by atoms with Gasteiger partial charge in [0.2, 0.25) is 11.1 Å². The van der Waals surface area contributed by atoms with Crippen molar-refractivity contribution in [2.75, 3.05) is 24.8 Å². The minimum atomic E-state index is -1.04. The number of fused-ring (bicyclic) bond motifs is 2. The van der Waals surface area contributed by atoms with Gasteiger partial charge in [0.15, 0.2) is 11.5 Å². The van der Waals surface area contributed by atoms with E-state index >= 15 is 0 Å². The Bertz CT molecular complexity index is 848. The molecule has 0 amide bonds. The van der Waals surface area contributed by atoms with Crippen LogP contribution in [0.5, 0.6) is 11.5 Å². The molecule has 0 saturated carbocycles. The molecule has 0 spiro atoms. The Morgan fingerprint density at radius 1 is 1.38 bits per heavy atom. The zero-order chi connectivity index (χ0) is 16.7. The molecule has 1 aromatic heterocycles. The van der Waals surface area contributed by atoms with Gasteiger partial charge >= 0.3 is 5.97 Å². The number of ether oxygens (including phenoxy) is 2. The number of aromatic nitrogens is 3. The van der Waals surface area contributed by atoms with Gasteiger partial charge in [-0.25, -0.2) is 9.48 Å². The third kappa shape index (κ3) is 2.46. The molecule has 1 unspecified atom stereocenters. The number of nitrogens with one attached hydrogen (secondary N) is 1. The van der Waals surface area contributed by atoms with Crippen LogP contribution < -0.4 is 14.8 Å². The first-order valence-corrected chi connectivity index (χ1v) is 8.50. The normalized spacial score (nSPS) is 18.4. The largest absolute Gasteiger partial charge is 0.486 e. The second kappa shape index (κ2) is 5.75. The van der Waals surface area contributed by atoms with Crippen LogP contribution in [0.15, 0.2) is 35.1 Å². The van der Waals surface area contributed by atoms with E-state index in [1.54, 1.807) is 10.8 Å². The molecule has 0 aliphatic carbocycles. The van der Waals surface area contributed by atoms with Crippen molar-refractivity contribution in [1.82, 2.24) is 14.8 Å². The number of allylic oxidation sites excluding steroid dienone is 1. The first kappa shape index (κ1) is 14.9. The molecule has 4 rings (SSSR count). The second-order valence-corrected chi connectivity index (χ2v) is 6.00. The van der Waals surface area contributed by atoms with E-state index in [0.29, 0.717) is 35.8 Å². The Morgan fingerprint density at radius 2 is 2.17 bits per heavy atom. The molecule has 0 radical (unpaired) electrons. The zero-order valence-electron chi connectivity index (χ0n) is 12.7. The van der Waals surface area contributed by atoms with Crippen LogP contribution in [-0.4, -0.2) is 45.3 Å². The topological polar surface area (TPSA) is 98.5 Å². The average Bonchev–Trinajstić information content (AvgIpc) is 3.03. The van der Waals surface area contributed by atoms with Crippen molar-refractivity contribution in [2.45, 2.75) is 11.2 Å². The van der Waals surface area contributed by atoms with Crippen molar-refractivity contribution in [3.8, 4) is 11.5 Å². The van der Waals surface area contributed by atoms with Crippen LogP contribution in [0.25, 0.3) is 0 Å². The number of anilines is 1. The fourth-order valence-corrected chi connectivity index (χ4v) is 3.01. The summed E-state index contributed by atoms with van der Waals surface area (Å²) >= 11 is 1.39. The lowest BCUT2D eigenvalue weighted by Gasteiger charge is -2.24. The first-order chi connectivity index (χ1) is 11.7. The van der Waals surface area contributed by atoms with Crippen LogP contribution in [0.2, 0.25) is 0 Å². The first-order valence-electron chi connectivity index (χ1n) is 7.28. The Hall–Kier alpha value is -2.68. The van der Waals surface area contributed by atoms with Crippen LogP contribution in [0.4, 0.5) is 5.95 Å². The van der Waals surface area contributed by atoms with Crippen LogP contribution >= 0.6 is 11.8 Å². The maximum atomic E-state index is 11.4. The number of rotatable bonds is 3. The van der Waals surface area contributed by atoms with Gasteiger partial charge < -0.3 is 19.9 Å². The third-order valence-corrected chi connectivity index (χ3v) is 4.31. The van der Waals surface area contributed by atoms with E-state index in [2.05, 4.69) is 15.4 Å². The number of hydrogen-bond acceptors (Lipinski definition) is 7. The van der Waals surface area contributed by atoms with E-state index in [-0.39, 0.29) is 5.70 Å². The fraction of sp³-hybridized carbons (Fsp3) is 0.267. The number of aliphatic carboxylic acids is 1. The molecule has 2 aromatic rings. The summed E-state index contributed by atoms with van der Waals surface area (Å²) in [4.78, 5) is 15.7. The smallest absolute Gasteiger partial charge is 0.352 e. The maximum absolute atomic E-state index is 11.4. The van der Waals surface area contributed by atoms with Gasteiger partial charge in [-0.1, -0.05) is 17.8 Å². The van der Waals surface area contributed by atoms with Crippen LogP contribution in [0.1, 0.15) is 11.6 Å². The summed E-state index contributed by atoms with van der Waals surface area (Å²) in [6, 6.07) is 5.16. The van der Waals surface area contributed by atoms with E-state index in [4.69, 9.17) is 9.47 Å². The van der Waals surface area contributed by atoms with E-state index in [1.807, 2.05) is 24.5 Å². The second-order valence-electron chi connectivity index (χ2n) is 5.23. The van der Waals surface area contributed by atoms with Crippen molar-refractivity contribution in [3.63, 3.8) is 0 Å². The van der Waals surface area contributed by atoms with Crippen LogP contribution in [-0.2, 0) is 4.79 Å². The lowest BCUT2D eigenvalue weighted by atomic mass is 10.0. The Kier molecular flexibility index (Phi) is 3.57. The zero-order valence-corrected chi connectivity index (χ0v) is 13.5. The number of hydrogen-bond donors (Lipinski definition) is 2. The lowest BCUT2D eigenvalue weighted by molar-refractivity contribution is -0.132. The molecule has 1 atom stereocenters. The van der Waals surface area contributed by atoms with Gasteiger partial charge in [-0.3, -0.25) is 0 Å². The van der Waals surface area contributed by atoms with Crippen LogP contribution in [0, 0.1) is 0 Å². The van der Waals surface area contributed by atoms with Crippen molar-refractivity contribution >= 4 is 23.7 Å². The van der Waals surface area contributed by atoms with Gasteiger partial charge in [0.05, 0.1) is 0 Å². The lowest BCUT2D eigenvalue weighted by Crippen LogP contribution is -2.24. The number of carbonyl (C=O) groups is 1. The Morgan fingerprint density at radius 3 is 2.92 bits per heavy atom. The molecular formula is C15H14N4O4S. The maximum Gasteiger partial charge on any atom is 0.352 e. The monoisotopic (exact) mass is 346 g/mol. The number of nitrogens with zero attached hydrogens (tertiary/aromatic N) is 3. The highest BCUT2D eigenvalue weighted by atomic mass is 32.2. The molecule has 8 nitrogen and oxygen atoms in total. The molecule has 0 bridgehead atoms. The highest BCUT2D eigenvalue weighted by Crippen LogP contribution is 2.36. The number of carboxylic acids is 1. The summed E-state index contributed by atoms with van der Waals surface area (Å²) in [5.41, 5.74) is 0.917. The molecule has 0 fully saturated rings. The molecule has 0 saturated heterocycles. The van der Waals surface area contributed by atoms with Crippen molar-refractivity contribution in [1.29, 1.82) is 0 Å². The van der Waals surface area contributed by atoms with Gasteiger partial charge in [-0.2, -0.15) is 4.98 Å². The van der Waals surface area contributed by atoms with Gasteiger partial charge in [0.1, 0.15) is 25.0 Å². The summed E-state index contributed by atoms with van der Waals surface area (Å²) in [6.45, 7) is 1.01. The van der Waals surface area contributed by atoms with E-state index in [0.717, 1.165) is 5.56 Å². The molecular weight excluding hydrogens is 332 g/mol. The number of benzene rings is 1. The van der Waals surface area contributed by atoms with Gasteiger partial charge in [0.25, 0.3) is 0 Å². The number of carboxylic acid groups (broad SMARTS) is 1. The molecule has 2 N–H and O–H groups in total. The van der Waals surface area contributed by atoms with Gasteiger partial charge in [0, 0.05) is 0 Å².